The Balaban J connectivity index is 3.00. The minimum Gasteiger partial charge on any atom is -0.193 e. The Kier molecular flexibility index (Phi) is 4.84. The van der Waals surface area contributed by atoms with Gasteiger partial charge in [0.1, 0.15) is 0 Å². The van der Waals surface area contributed by atoms with E-state index in [0.717, 1.165) is 32.1 Å². The van der Waals surface area contributed by atoms with E-state index in [1.54, 1.807) is 0 Å². The van der Waals surface area contributed by atoms with Crippen LogP contribution in [-0.4, -0.2) is 4.37 Å². The van der Waals surface area contributed by atoms with Gasteiger partial charge < -0.3 is 0 Å². The first-order valence-corrected chi connectivity index (χ1v) is 6.63. The van der Waals surface area contributed by atoms with Gasteiger partial charge in [-0.05, 0) is 24.4 Å². The molecular formula is C12H19F2NS. The molecule has 1 atom stereocenters. The van der Waals surface area contributed by atoms with Crippen molar-refractivity contribution >= 4 is 11.5 Å². The Morgan fingerprint density at radius 3 is 2.31 bits per heavy atom. The van der Waals surface area contributed by atoms with Crippen LogP contribution in [0, 0.1) is 11.1 Å². The second-order valence-electron chi connectivity index (χ2n) is 4.54. The quantitative estimate of drug-likeness (QED) is 0.712. The van der Waals surface area contributed by atoms with Gasteiger partial charge in [0.25, 0.3) is 0 Å². The summed E-state index contributed by atoms with van der Waals surface area (Å²) in [5, 5.41) is -0.454. The highest BCUT2D eigenvalue weighted by Gasteiger charge is 2.33. The molecule has 0 aliphatic carbocycles. The second kappa shape index (κ2) is 5.71. The molecule has 0 amide bonds. The lowest BCUT2D eigenvalue weighted by Crippen LogP contribution is -2.23. The van der Waals surface area contributed by atoms with Gasteiger partial charge in [0.2, 0.25) is 11.1 Å². The SMILES string of the molecule is CCCCC(C)(CCC)c1c(F)nsc1F. The van der Waals surface area contributed by atoms with Gasteiger partial charge >= 0.3 is 0 Å². The summed E-state index contributed by atoms with van der Waals surface area (Å²) >= 11 is 0.626. The molecule has 4 heteroatoms. The highest BCUT2D eigenvalue weighted by Crippen LogP contribution is 2.38. The van der Waals surface area contributed by atoms with Gasteiger partial charge in [-0.1, -0.05) is 40.0 Å². The summed E-state index contributed by atoms with van der Waals surface area (Å²) in [6.45, 7) is 6.08. The predicted molar refractivity (Wildman–Crippen MR) is 63.8 cm³/mol. The van der Waals surface area contributed by atoms with Gasteiger partial charge in [-0.25, -0.2) is 0 Å². The van der Waals surface area contributed by atoms with E-state index in [-0.39, 0.29) is 5.56 Å². The fraction of sp³-hybridized carbons (Fsp3) is 0.750. The predicted octanol–water partition coefficient (Wildman–Crippen LogP) is 4.67. The molecule has 92 valence electrons. The van der Waals surface area contributed by atoms with Gasteiger partial charge in [0.05, 0.1) is 5.56 Å². The first-order valence-electron chi connectivity index (χ1n) is 5.86. The molecule has 16 heavy (non-hydrogen) atoms. The topological polar surface area (TPSA) is 12.9 Å². The largest absolute Gasteiger partial charge is 0.231 e. The maximum absolute atomic E-state index is 13.6. The lowest BCUT2D eigenvalue weighted by Gasteiger charge is -2.28. The maximum Gasteiger partial charge on any atom is 0.231 e. The number of halogens is 2. The summed E-state index contributed by atoms with van der Waals surface area (Å²) < 4.78 is 30.6. The summed E-state index contributed by atoms with van der Waals surface area (Å²) in [4.78, 5) is 0. The van der Waals surface area contributed by atoms with Crippen molar-refractivity contribution < 1.29 is 8.78 Å². The zero-order valence-electron chi connectivity index (χ0n) is 10.1. The third-order valence-corrected chi connectivity index (χ3v) is 3.71. The minimum absolute atomic E-state index is 0.202. The van der Waals surface area contributed by atoms with Crippen molar-refractivity contribution in [3.8, 4) is 0 Å². The van der Waals surface area contributed by atoms with Gasteiger partial charge in [-0.2, -0.15) is 13.2 Å². The lowest BCUT2D eigenvalue weighted by atomic mass is 9.76. The van der Waals surface area contributed by atoms with E-state index >= 15 is 0 Å². The summed E-state index contributed by atoms with van der Waals surface area (Å²) in [7, 11) is 0. The van der Waals surface area contributed by atoms with E-state index in [4.69, 9.17) is 0 Å². The van der Waals surface area contributed by atoms with Crippen LogP contribution in [0.25, 0.3) is 0 Å². The molecule has 1 nitrogen and oxygen atoms in total. The summed E-state index contributed by atoms with van der Waals surface area (Å²) in [5.41, 5.74) is -0.195. The van der Waals surface area contributed by atoms with Crippen LogP contribution in [0.5, 0.6) is 0 Å². The van der Waals surface area contributed by atoms with Gasteiger partial charge in [0.15, 0.2) is 0 Å². The molecule has 1 rings (SSSR count). The molecule has 0 spiro atoms. The molecule has 0 saturated carbocycles. The molecule has 0 aliphatic rings. The average Bonchev–Trinajstić information content (AvgIpc) is 2.56. The normalized spacial score (nSPS) is 15.1. The molecule has 0 N–H and O–H groups in total. The van der Waals surface area contributed by atoms with Crippen molar-refractivity contribution in [2.45, 2.75) is 58.3 Å². The van der Waals surface area contributed by atoms with Crippen LogP contribution in [0.2, 0.25) is 0 Å². The highest BCUT2D eigenvalue weighted by molar-refractivity contribution is 7.04. The summed E-state index contributed by atoms with van der Waals surface area (Å²) in [6.07, 6.45) is 4.59. The molecule has 0 fully saturated rings. The van der Waals surface area contributed by atoms with Crippen molar-refractivity contribution in [1.29, 1.82) is 0 Å². The third kappa shape index (κ3) is 2.78. The number of nitrogens with zero attached hydrogens (tertiary/aromatic N) is 1. The number of hydrogen-bond donors (Lipinski definition) is 0. The fourth-order valence-electron chi connectivity index (χ4n) is 2.23. The van der Waals surface area contributed by atoms with E-state index < -0.39 is 16.5 Å². The van der Waals surface area contributed by atoms with E-state index in [9.17, 15) is 8.78 Å². The maximum atomic E-state index is 13.6. The first kappa shape index (κ1) is 13.6. The van der Waals surface area contributed by atoms with Gasteiger partial charge in [0, 0.05) is 5.41 Å². The number of aromatic nitrogens is 1. The number of rotatable bonds is 6. The van der Waals surface area contributed by atoms with E-state index in [1.165, 1.54) is 0 Å². The van der Waals surface area contributed by atoms with Gasteiger partial charge in [-0.3, -0.25) is 0 Å². The number of hydrogen-bond acceptors (Lipinski definition) is 2. The molecule has 0 radical (unpaired) electrons. The molecule has 0 aliphatic heterocycles. The zero-order valence-corrected chi connectivity index (χ0v) is 11.0. The van der Waals surface area contributed by atoms with E-state index in [2.05, 4.69) is 11.3 Å². The fourth-order valence-corrected chi connectivity index (χ4v) is 2.91. The van der Waals surface area contributed by atoms with Crippen LogP contribution < -0.4 is 0 Å². The molecule has 1 heterocycles. The van der Waals surface area contributed by atoms with Crippen molar-refractivity contribution in [2.24, 2.45) is 0 Å². The molecule has 0 saturated heterocycles. The Morgan fingerprint density at radius 1 is 1.19 bits per heavy atom. The smallest absolute Gasteiger partial charge is 0.193 e. The molecule has 1 aromatic heterocycles. The first-order chi connectivity index (χ1) is 7.55. The Bertz CT molecular complexity index is 318. The van der Waals surface area contributed by atoms with Crippen LogP contribution in [0.15, 0.2) is 0 Å². The Hall–Kier alpha value is -0.510. The van der Waals surface area contributed by atoms with Crippen LogP contribution in [0.4, 0.5) is 8.78 Å². The van der Waals surface area contributed by atoms with Crippen molar-refractivity contribution in [1.82, 2.24) is 4.37 Å². The molecule has 0 bridgehead atoms. The zero-order chi connectivity index (χ0) is 12.2. The van der Waals surface area contributed by atoms with E-state index in [0.29, 0.717) is 11.5 Å². The minimum atomic E-state index is -0.616. The molecular weight excluding hydrogens is 228 g/mol. The standard InChI is InChI=1S/C12H19F2NS/c1-4-6-8-12(3,7-5-2)9-10(13)15-16-11(9)14/h4-8H2,1-3H3. The van der Waals surface area contributed by atoms with Crippen LogP contribution in [0.3, 0.4) is 0 Å². The molecule has 1 unspecified atom stereocenters. The van der Waals surface area contributed by atoms with E-state index in [1.807, 2.05) is 13.8 Å². The number of unbranched alkanes of at least 4 members (excludes halogenated alkanes) is 1. The van der Waals surface area contributed by atoms with Crippen molar-refractivity contribution in [2.75, 3.05) is 0 Å². The van der Waals surface area contributed by atoms with Crippen LogP contribution in [-0.2, 0) is 5.41 Å². The monoisotopic (exact) mass is 247 g/mol. The van der Waals surface area contributed by atoms with Gasteiger partial charge in [-0.15, -0.1) is 0 Å². The van der Waals surface area contributed by atoms with Crippen LogP contribution >= 0.6 is 11.5 Å². The Morgan fingerprint density at radius 2 is 1.88 bits per heavy atom. The summed E-state index contributed by atoms with van der Waals surface area (Å²) in [5.74, 6) is -0.616. The summed E-state index contributed by atoms with van der Waals surface area (Å²) in [6, 6.07) is 0. The second-order valence-corrected chi connectivity index (χ2v) is 5.26. The third-order valence-electron chi connectivity index (χ3n) is 3.10. The Labute approximate surface area is 100 Å². The highest BCUT2D eigenvalue weighted by atomic mass is 32.1. The van der Waals surface area contributed by atoms with Crippen LogP contribution in [0.1, 0.15) is 58.4 Å². The van der Waals surface area contributed by atoms with Crippen molar-refractivity contribution in [3.63, 3.8) is 0 Å². The lowest BCUT2D eigenvalue weighted by molar-refractivity contribution is 0.352. The molecule has 0 aromatic carbocycles. The van der Waals surface area contributed by atoms with Crippen molar-refractivity contribution in [3.05, 3.63) is 16.6 Å². The average molecular weight is 247 g/mol. The molecule has 1 aromatic rings.